The Balaban J connectivity index is 1.78. The van der Waals surface area contributed by atoms with Gasteiger partial charge in [-0.3, -0.25) is 4.90 Å². The van der Waals surface area contributed by atoms with Crippen molar-refractivity contribution in [1.82, 2.24) is 14.5 Å². The first-order chi connectivity index (χ1) is 16.2. The zero-order valence-corrected chi connectivity index (χ0v) is 21.1. The zero-order chi connectivity index (χ0) is 23.0. The van der Waals surface area contributed by atoms with Gasteiger partial charge in [-0.25, -0.2) is 4.98 Å². The monoisotopic (exact) mass is 501 g/mol. The molecule has 0 saturated heterocycles. The van der Waals surface area contributed by atoms with Gasteiger partial charge in [0.15, 0.2) is 0 Å². The Morgan fingerprint density at radius 1 is 0.818 bits per heavy atom. The summed E-state index contributed by atoms with van der Waals surface area (Å²) in [7, 11) is 0. The molecular formula is C29H32BrN3. The van der Waals surface area contributed by atoms with Gasteiger partial charge in [-0.1, -0.05) is 109 Å². The molecule has 1 aromatic heterocycles. The normalized spacial score (nSPS) is 11.3. The van der Waals surface area contributed by atoms with Gasteiger partial charge in [-0.15, -0.1) is 0 Å². The highest BCUT2D eigenvalue weighted by atomic mass is 79.9. The molecule has 0 bridgehead atoms. The SMILES string of the molecule is CCCCn1c(-c2ccccc2)nc(-c2ccccc2)c1CN(CC)Cc1cccc(Br)c1. The first-order valence-corrected chi connectivity index (χ1v) is 12.7. The highest BCUT2D eigenvalue weighted by Gasteiger charge is 2.21. The Hall–Kier alpha value is -2.69. The second-order valence-corrected chi connectivity index (χ2v) is 9.32. The van der Waals surface area contributed by atoms with Gasteiger partial charge in [0.2, 0.25) is 0 Å². The Labute approximate surface area is 206 Å². The number of nitrogens with zero attached hydrogens (tertiary/aromatic N) is 3. The summed E-state index contributed by atoms with van der Waals surface area (Å²) in [5.74, 6) is 1.07. The third kappa shape index (κ3) is 5.82. The predicted octanol–water partition coefficient (Wildman–Crippen LogP) is 7.80. The van der Waals surface area contributed by atoms with Crippen LogP contribution < -0.4 is 0 Å². The van der Waals surface area contributed by atoms with E-state index in [0.717, 1.165) is 55.0 Å². The van der Waals surface area contributed by atoms with Gasteiger partial charge in [0.1, 0.15) is 5.82 Å². The molecule has 3 nitrogen and oxygen atoms in total. The molecule has 0 atom stereocenters. The van der Waals surface area contributed by atoms with Gasteiger partial charge >= 0.3 is 0 Å². The quantitative estimate of drug-likeness (QED) is 0.221. The number of hydrogen-bond acceptors (Lipinski definition) is 2. The standard InChI is InChI=1S/C29H32BrN3/c1-3-5-19-33-27(22-32(4-2)21-23-13-12-18-26(30)20-23)28(24-14-8-6-9-15-24)31-29(33)25-16-10-7-11-17-25/h6-18,20H,3-5,19,21-22H2,1-2H3. The summed E-state index contributed by atoms with van der Waals surface area (Å²) in [6, 6.07) is 29.8. The van der Waals surface area contributed by atoms with Crippen LogP contribution in [0, 0.1) is 0 Å². The van der Waals surface area contributed by atoms with Gasteiger partial charge in [0.05, 0.1) is 11.4 Å². The largest absolute Gasteiger partial charge is 0.326 e. The summed E-state index contributed by atoms with van der Waals surface area (Å²) in [4.78, 5) is 7.74. The third-order valence-electron chi connectivity index (χ3n) is 6.00. The minimum Gasteiger partial charge on any atom is -0.326 e. The summed E-state index contributed by atoms with van der Waals surface area (Å²) < 4.78 is 3.59. The Bertz CT molecular complexity index is 1150. The Morgan fingerprint density at radius 2 is 1.52 bits per heavy atom. The van der Waals surface area contributed by atoms with Crippen molar-refractivity contribution >= 4 is 15.9 Å². The first kappa shape index (κ1) is 23.5. The molecule has 0 saturated carbocycles. The Morgan fingerprint density at radius 3 is 2.15 bits per heavy atom. The van der Waals surface area contributed by atoms with Crippen LogP contribution in [0.4, 0.5) is 0 Å². The lowest BCUT2D eigenvalue weighted by molar-refractivity contribution is 0.264. The first-order valence-electron chi connectivity index (χ1n) is 11.9. The third-order valence-corrected chi connectivity index (χ3v) is 6.50. The number of benzene rings is 3. The lowest BCUT2D eigenvalue weighted by Crippen LogP contribution is -2.24. The smallest absolute Gasteiger partial charge is 0.140 e. The highest BCUT2D eigenvalue weighted by molar-refractivity contribution is 9.10. The molecule has 4 aromatic rings. The molecule has 0 spiro atoms. The molecule has 0 aliphatic rings. The second kappa shape index (κ2) is 11.4. The minimum atomic E-state index is 0.858. The van der Waals surface area contributed by atoms with E-state index in [0.29, 0.717) is 0 Å². The van der Waals surface area contributed by atoms with Gasteiger partial charge in [0.25, 0.3) is 0 Å². The molecule has 4 rings (SSSR count). The second-order valence-electron chi connectivity index (χ2n) is 8.40. The zero-order valence-electron chi connectivity index (χ0n) is 19.5. The van der Waals surface area contributed by atoms with E-state index < -0.39 is 0 Å². The van der Waals surface area contributed by atoms with Crippen LogP contribution >= 0.6 is 15.9 Å². The van der Waals surface area contributed by atoms with Crippen LogP contribution in [-0.4, -0.2) is 21.0 Å². The summed E-state index contributed by atoms with van der Waals surface area (Å²) >= 11 is 3.62. The van der Waals surface area contributed by atoms with Crippen LogP contribution in [0.2, 0.25) is 0 Å². The molecule has 4 heteroatoms. The molecule has 0 amide bonds. The number of imidazole rings is 1. The van der Waals surface area contributed by atoms with Gasteiger partial charge in [0, 0.05) is 35.2 Å². The lowest BCUT2D eigenvalue weighted by atomic mass is 10.1. The Kier molecular flexibility index (Phi) is 8.14. The van der Waals surface area contributed by atoms with E-state index in [1.165, 1.54) is 22.4 Å². The average molecular weight is 503 g/mol. The number of unbranched alkanes of at least 4 members (excludes halogenated alkanes) is 1. The molecule has 0 N–H and O–H groups in total. The topological polar surface area (TPSA) is 21.1 Å². The van der Waals surface area contributed by atoms with Crippen LogP contribution in [0.25, 0.3) is 22.6 Å². The maximum Gasteiger partial charge on any atom is 0.140 e. The van der Waals surface area contributed by atoms with E-state index in [-0.39, 0.29) is 0 Å². The van der Waals surface area contributed by atoms with Crippen molar-refractivity contribution in [2.45, 2.75) is 46.3 Å². The molecule has 0 unspecified atom stereocenters. The van der Waals surface area contributed by atoms with Crippen molar-refractivity contribution < 1.29 is 0 Å². The van der Waals surface area contributed by atoms with E-state index in [2.05, 4.69) is 124 Å². The highest BCUT2D eigenvalue weighted by Crippen LogP contribution is 2.31. The summed E-state index contributed by atoms with van der Waals surface area (Å²) in [5, 5.41) is 0. The maximum atomic E-state index is 5.24. The van der Waals surface area contributed by atoms with Gasteiger partial charge in [-0.05, 0) is 30.7 Å². The maximum absolute atomic E-state index is 5.24. The van der Waals surface area contributed by atoms with Crippen LogP contribution in [0.5, 0.6) is 0 Å². The molecule has 0 aliphatic heterocycles. The molecule has 33 heavy (non-hydrogen) atoms. The van der Waals surface area contributed by atoms with E-state index in [9.17, 15) is 0 Å². The number of rotatable bonds is 10. The fraction of sp³-hybridized carbons (Fsp3) is 0.276. The average Bonchev–Trinajstić information content (AvgIpc) is 3.21. The fourth-order valence-electron chi connectivity index (χ4n) is 4.22. The summed E-state index contributed by atoms with van der Waals surface area (Å²) in [6.07, 6.45) is 2.29. The summed E-state index contributed by atoms with van der Waals surface area (Å²) in [5.41, 5.74) is 6.06. The molecule has 1 heterocycles. The minimum absolute atomic E-state index is 0.858. The predicted molar refractivity (Wildman–Crippen MR) is 142 cm³/mol. The summed E-state index contributed by atoms with van der Waals surface area (Å²) in [6.45, 7) is 8.21. The van der Waals surface area contributed by atoms with Crippen molar-refractivity contribution in [3.05, 3.63) is 101 Å². The van der Waals surface area contributed by atoms with E-state index >= 15 is 0 Å². The van der Waals surface area contributed by atoms with Crippen LogP contribution in [0.1, 0.15) is 37.9 Å². The van der Waals surface area contributed by atoms with Gasteiger partial charge < -0.3 is 4.57 Å². The lowest BCUT2D eigenvalue weighted by Gasteiger charge is -2.23. The molecule has 0 aliphatic carbocycles. The van der Waals surface area contributed by atoms with Crippen molar-refractivity contribution in [3.63, 3.8) is 0 Å². The van der Waals surface area contributed by atoms with Crippen LogP contribution in [0.3, 0.4) is 0 Å². The van der Waals surface area contributed by atoms with E-state index in [1.807, 2.05) is 0 Å². The number of halogens is 1. The fourth-order valence-corrected chi connectivity index (χ4v) is 4.67. The number of hydrogen-bond donors (Lipinski definition) is 0. The van der Waals surface area contributed by atoms with Crippen molar-refractivity contribution in [3.8, 4) is 22.6 Å². The van der Waals surface area contributed by atoms with Crippen molar-refractivity contribution in [2.75, 3.05) is 6.54 Å². The molecule has 0 radical (unpaired) electrons. The van der Waals surface area contributed by atoms with Crippen molar-refractivity contribution in [1.29, 1.82) is 0 Å². The van der Waals surface area contributed by atoms with Crippen LogP contribution in [0.15, 0.2) is 89.4 Å². The molecule has 170 valence electrons. The van der Waals surface area contributed by atoms with Crippen molar-refractivity contribution in [2.24, 2.45) is 0 Å². The van der Waals surface area contributed by atoms with E-state index in [4.69, 9.17) is 4.98 Å². The van der Waals surface area contributed by atoms with Crippen LogP contribution in [-0.2, 0) is 19.6 Å². The molecule has 3 aromatic carbocycles. The molecule has 0 fully saturated rings. The number of aromatic nitrogens is 2. The van der Waals surface area contributed by atoms with Gasteiger partial charge in [-0.2, -0.15) is 0 Å². The molecular weight excluding hydrogens is 470 g/mol. The van der Waals surface area contributed by atoms with E-state index in [1.54, 1.807) is 0 Å².